The topological polar surface area (TPSA) is 64.4 Å². The van der Waals surface area contributed by atoms with Crippen molar-refractivity contribution in [1.29, 1.82) is 5.26 Å². The van der Waals surface area contributed by atoms with E-state index >= 15 is 0 Å². The zero-order chi connectivity index (χ0) is 13.1. The molecule has 0 saturated carbocycles. The van der Waals surface area contributed by atoms with Gasteiger partial charge in [-0.25, -0.2) is 0 Å². The van der Waals surface area contributed by atoms with Crippen LogP contribution in [0.2, 0.25) is 5.02 Å². The van der Waals surface area contributed by atoms with Gasteiger partial charge in [-0.3, -0.25) is 9.59 Å². The fourth-order valence-corrected chi connectivity index (χ4v) is 1.99. The fourth-order valence-electron chi connectivity index (χ4n) is 1.80. The van der Waals surface area contributed by atoms with E-state index < -0.39 is 11.8 Å². The molecule has 0 radical (unpaired) electrons. The Morgan fingerprint density at radius 1 is 1.28 bits per heavy atom. The number of piperazine rings is 1. The summed E-state index contributed by atoms with van der Waals surface area (Å²) in [6, 6.07) is 8.63. The zero-order valence-electron chi connectivity index (χ0n) is 9.47. The molecular formula is C12H10ClN3O2. The summed E-state index contributed by atoms with van der Waals surface area (Å²) in [6.07, 6.45) is 0. The molecule has 1 fully saturated rings. The van der Waals surface area contributed by atoms with Crippen LogP contribution in [0.5, 0.6) is 0 Å². The Morgan fingerprint density at radius 2 is 2.06 bits per heavy atom. The predicted molar refractivity (Wildman–Crippen MR) is 66.0 cm³/mol. The van der Waals surface area contributed by atoms with E-state index in [9.17, 15) is 9.59 Å². The van der Waals surface area contributed by atoms with Gasteiger partial charge in [0.15, 0.2) is 0 Å². The third-order valence-corrected chi connectivity index (χ3v) is 2.93. The average molecular weight is 264 g/mol. The molecule has 0 unspecified atom stereocenters. The second-order valence-electron chi connectivity index (χ2n) is 3.82. The number of rotatable bonds is 2. The van der Waals surface area contributed by atoms with Gasteiger partial charge in [-0.15, -0.1) is 0 Å². The molecule has 0 atom stereocenters. The number of hydrogen-bond donors (Lipinski definition) is 0. The summed E-state index contributed by atoms with van der Waals surface area (Å²) >= 11 is 5.85. The quantitative estimate of drug-likeness (QED) is 0.592. The van der Waals surface area contributed by atoms with Gasteiger partial charge < -0.3 is 9.80 Å². The number of carbonyl (C=O) groups excluding carboxylic acids is 2. The van der Waals surface area contributed by atoms with Crippen molar-refractivity contribution in [3.63, 3.8) is 0 Å². The van der Waals surface area contributed by atoms with E-state index in [2.05, 4.69) is 0 Å². The van der Waals surface area contributed by atoms with Crippen LogP contribution in [0.15, 0.2) is 24.3 Å². The number of amides is 2. The van der Waals surface area contributed by atoms with Crippen LogP contribution in [-0.2, 0) is 9.59 Å². The number of anilines is 1. The van der Waals surface area contributed by atoms with Crippen molar-refractivity contribution in [3.05, 3.63) is 29.3 Å². The molecular weight excluding hydrogens is 254 g/mol. The van der Waals surface area contributed by atoms with E-state index in [1.807, 2.05) is 6.07 Å². The molecule has 0 aromatic heterocycles. The maximum Gasteiger partial charge on any atom is 0.316 e. The number of benzene rings is 1. The van der Waals surface area contributed by atoms with E-state index in [0.717, 1.165) is 0 Å². The summed E-state index contributed by atoms with van der Waals surface area (Å²) in [7, 11) is 0. The number of nitriles is 1. The van der Waals surface area contributed by atoms with Crippen LogP contribution in [-0.4, -0.2) is 36.3 Å². The van der Waals surface area contributed by atoms with Crippen LogP contribution in [0.1, 0.15) is 0 Å². The van der Waals surface area contributed by atoms with Crippen LogP contribution in [0.3, 0.4) is 0 Å². The molecule has 1 aromatic carbocycles. The summed E-state index contributed by atoms with van der Waals surface area (Å²) in [6.45, 7) is 0.658. The molecule has 0 aliphatic carbocycles. The number of carbonyl (C=O) groups is 2. The Morgan fingerprint density at radius 3 is 2.72 bits per heavy atom. The molecule has 6 heteroatoms. The van der Waals surface area contributed by atoms with Crippen LogP contribution < -0.4 is 4.90 Å². The lowest BCUT2D eigenvalue weighted by molar-refractivity contribution is -0.145. The molecule has 0 spiro atoms. The van der Waals surface area contributed by atoms with Crippen LogP contribution >= 0.6 is 11.6 Å². The molecule has 1 heterocycles. The predicted octanol–water partition coefficient (Wildman–Crippen LogP) is 1.04. The second kappa shape index (κ2) is 5.07. The van der Waals surface area contributed by atoms with Crippen molar-refractivity contribution in [2.45, 2.75) is 0 Å². The summed E-state index contributed by atoms with van der Waals surface area (Å²) in [5.74, 6) is -1.28. The highest BCUT2D eigenvalue weighted by Gasteiger charge is 2.33. The molecule has 0 N–H and O–H groups in total. The molecule has 1 aliphatic heterocycles. The first kappa shape index (κ1) is 12.4. The number of nitrogens with zero attached hydrogens (tertiary/aromatic N) is 3. The Bertz CT molecular complexity index is 538. The molecule has 92 valence electrons. The largest absolute Gasteiger partial charge is 0.319 e. The highest BCUT2D eigenvalue weighted by atomic mass is 35.5. The van der Waals surface area contributed by atoms with Gasteiger partial charge in [0, 0.05) is 23.8 Å². The lowest BCUT2D eigenvalue weighted by Gasteiger charge is -2.32. The molecule has 2 amide bonds. The van der Waals surface area contributed by atoms with Gasteiger partial charge in [0.05, 0.1) is 6.07 Å². The van der Waals surface area contributed by atoms with Crippen LogP contribution in [0.25, 0.3) is 0 Å². The van der Waals surface area contributed by atoms with E-state index in [0.29, 0.717) is 23.8 Å². The summed E-state index contributed by atoms with van der Waals surface area (Å²) in [5, 5.41) is 9.06. The van der Waals surface area contributed by atoms with Crippen molar-refractivity contribution < 1.29 is 9.59 Å². The third-order valence-electron chi connectivity index (χ3n) is 2.69. The van der Waals surface area contributed by atoms with Gasteiger partial charge in [0.1, 0.15) is 6.54 Å². The van der Waals surface area contributed by atoms with Crippen molar-refractivity contribution >= 4 is 29.1 Å². The van der Waals surface area contributed by atoms with Crippen molar-refractivity contribution in [2.75, 3.05) is 24.5 Å². The molecule has 2 rings (SSSR count). The molecule has 1 aromatic rings. The minimum atomic E-state index is -0.650. The standard InChI is InChI=1S/C12H10ClN3O2/c13-9-2-1-3-10(8-9)16-7-6-15(5-4-14)11(17)12(16)18/h1-3,8H,5-7H2. The maximum absolute atomic E-state index is 11.9. The van der Waals surface area contributed by atoms with Gasteiger partial charge >= 0.3 is 11.8 Å². The van der Waals surface area contributed by atoms with Gasteiger partial charge in [0.25, 0.3) is 0 Å². The molecule has 0 bridgehead atoms. The van der Waals surface area contributed by atoms with Crippen molar-refractivity contribution in [2.24, 2.45) is 0 Å². The second-order valence-corrected chi connectivity index (χ2v) is 4.26. The fraction of sp³-hybridized carbons (Fsp3) is 0.250. The van der Waals surface area contributed by atoms with Gasteiger partial charge in [-0.05, 0) is 18.2 Å². The van der Waals surface area contributed by atoms with E-state index in [1.165, 1.54) is 9.80 Å². The first-order chi connectivity index (χ1) is 8.63. The van der Waals surface area contributed by atoms with Crippen molar-refractivity contribution in [3.8, 4) is 6.07 Å². The molecule has 1 aliphatic rings. The SMILES string of the molecule is N#CCN1CCN(c2cccc(Cl)c2)C(=O)C1=O. The smallest absolute Gasteiger partial charge is 0.316 e. The van der Waals surface area contributed by atoms with Crippen LogP contribution in [0, 0.1) is 11.3 Å². The van der Waals surface area contributed by atoms with Crippen LogP contribution in [0.4, 0.5) is 5.69 Å². The van der Waals surface area contributed by atoms with Gasteiger partial charge in [0.2, 0.25) is 0 Å². The summed E-state index contributed by atoms with van der Waals surface area (Å²) < 4.78 is 0. The number of hydrogen-bond acceptors (Lipinski definition) is 3. The van der Waals surface area contributed by atoms with E-state index in [-0.39, 0.29) is 6.54 Å². The molecule has 1 saturated heterocycles. The van der Waals surface area contributed by atoms with Gasteiger partial charge in [-0.1, -0.05) is 17.7 Å². The Balaban J connectivity index is 2.21. The highest BCUT2D eigenvalue weighted by molar-refractivity contribution is 6.41. The number of halogens is 1. The minimum absolute atomic E-state index is 0.0615. The van der Waals surface area contributed by atoms with Crippen molar-refractivity contribution in [1.82, 2.24) is 4.90 Å². The lowest BCUT2D eigenvalue weighted by atomic mass is 10.2. The monoisotopic (exact) mass is 263 g/mol. The first-order valence-corrected chi connectivity index (χ1v) is 5.74. The lowest BCUT2D eigenvalue weighted by Crippen LogP contribution is -2.54. The maximum atomic E-state index is 11.9. The summed E-state index contributed by atoms with van der Waals surface area (Å²) in [4.78, 5) is 26.3. The normalized spacial score (nSPS) is 15.8. The first-order valence-electron chi connectivity index (χ1n) is 5.37. The Hall–Kier alpha value is -2.06. The zero-order valence-corrected chi connectivity index (χ0v) is 10.2. The van der Waals surface area contributed by atoms with E-state index in [1.54, 1.807) is 24.3 Å². The third kappa shape index (κ3) is 2.29. The average Bonchev–Trinajstić information content (AvgIpc) is 2.35. The Labute approximate surface area is 109 Å². The molecule has 5 nitrogen and oxygen atoms in total. The summed E-state index contributed by atoms with van der Waals surface area (Å²) in [5.41, 5.74) is 0.595. The van der Waals surface area contributed by atoms with E-state index in [4.69, 9.17) is 16.9 Å². The molecule has 18 heavy (non-hydrogen) atoms. The van der Waals surface area contributed by atoms with Gasteiger partial charge in [-0.2, -0.15) is 5.26 Å². The highest BCUT2D eigenvalue weighted by Crippen LogP contribution is 2.21. The minimum Gasteiger partial charge on any atom is -0.319 e. The Kier molecular flexibility index (Phi) is 3.49.